The summed E-state index contributed by atoms with van der Waals surface area (Å²) in [5.74, 6) is 0.684. The largest absolute Gasteiger partial charge is 0.308 e. The molecular formula is C58H37N3. The van der Waals surface area contributed by atoms with Gasteiger partial charge in [0.05, 0.1) is 34.8 Å². The molecule has 0 saturated carbocycles. The first-order valence-corrected chi connectivity index (χ1v) is 20.4. The van der Waals surface area contributed by atoms with Crippen molar-refractivity contribution in [3.63, 3.8) is 0 Å². The number of fused-ring (bicyclic) bond motifs is 6. The molecule has 3 heteroatoms. The van der Waals surface area contributed by atoms with E-state index in [4.69, 9.17) is 16.8 Å². The van der Waals surface area contributed by atoms with Gasteiger partial charge in [-0.1, -0.05) is 188 Å². The van der Waals surface area contributed by atoms with Gasteiger partial charge in [-0.3, -0.25) is 0 Å². The molecule has 0 aliphatic heterocycles. The lowest BCUT2D eigenvalue weighted by Gasteiger charge is -2.11. The fourth-order valence-electron chi connectivity index (χ4n) is 8.89. The van der Waals surface area contributed by atoms with Gasteiger partial charge in [-0.2, -0.15) is 0 Å². The summed E-state index contributed by atoms with van der Waals surface area (Å²) in [6, 6.07) is 65.6. The summed E-state index contributed by atoms with van der Waals surface area (Å²) in [5.41, 5.74) is 15.1. The van der Waals surface area contributed by atoms with Crippen molar-refractivity contribution >= 4 is 38.1 Å². The van der Waals surface area contributed by atoms with Gasteiger partial charge in [-0.05, 0) is 80.9 Å². The minimum atomic E-state index is -0.398. The molecule has 3 aromatic heterocycles. The van der Waals surface area contributed by atoms with E-state index in [-0.39, 0.29) is 29.7 Å². The Hall–Kier alpha value is -8.14. The maximum absolute atomic E-state index is 8.60. The molecule has 61 heavy (non-hydrogen) atoms. The van der Waals surface area contributed by atoms with Crippen LogP contribution >= 0.6 is 0 Å². The molecule has 0 radical (unpaired) electrons. The van der Waals surface area contributed by atoms with E-state index in [1.54, 1.807) is 6.07 Å². The van der Waals surface area contributed by atoms with Crippen LogP contribution in [0.3, 0.4) is 0 Å². The molecule has 0 bridgehead atoms. The van der Waals surface area contributed by atoms with Gasteiger partial charge in [0.1, 0.15) is 0 Å². The Balaban J connectivity index is 0.946. The predicted octanol–water partition coefficient (Wildman–Crippen LogP) is 15.3. The fourth-order valence-corrected chi connectivity index (χ4v) is 8.89. The lowest BCUT2D eigenvalue weighted by atomic mass is 9.96. The smallest absolute Gasteiger partial charge is 0.160 e. The van der Waals surface area contributed by atoms with E-state index in [1.165, 1.54) is 21.7 Å². The molecule has 0 N–H and O–H groups in total. The van der Waals surface area contributed by atoms with E-state index in [0.717, 1.165) is 77.9 Å². The Labute approximate surface area is 360 Å². The Morgan fingerprint density at radius 3 is 1.30 bits per heavy atom. The third-order valence-corrected chi connectivity index (χ3v) is 11.8. The zero-order chi connectivity index (χ0) is 44.6. The monoisotopic (exact) mass is 780 g/mol. The van der Waals surface area contributed by atoms with Gasteiger partial charge >= 0.3 is 0 Å². The highest BCUT2D eigenvalue weighted by Crippen LogP contribution is 2.42. The summed E-state index contributed by atoms with van der Waals surface area (Å²) in [7, 11) is 0. The van der Waals surface area contributed by atoms with E-state index >= 15 is 0 Å². The molecular weight excluding hydrogens is 739 g/mol. The maximum Gasteiger partial charge on any atom is 0.160 e. The highest BCUT2D eigenvalue weighted by molar-refractivity contribution is 6.23. The number of nitrogens with zero attached hydrogens (tertiary/aromatic N) is 3. The standard InChI is InChI=1S/C58H37N3/c1-4-14-38(15-5-1)41-20-10-22-43(32-41)46-28-30-49-51-26-13-27-52-50-31-29-47(36-56(50)61(57(51)52)55(49)35-46)44-23-11-21-42(33-44)45-24-12-25-48(34-45)54-37-53(39-16-6-2-7-17-39)59-58(60-54)40-18-8-3-9-19-40/h1-37H/i1D,4D,5D,14D,15D. The van der Waals surface area contributed by atoms with E-state index in [1.807, 2.05) is 66.7 Å². The molecule has 3 nitrogen and oxygen atoms in total. The molecule has 284 valence electrons. The van der Waals surface area contributed by atoms with E-state index < -0.39 is 6.04 Å². The molecule has 0 aliphatic rings. The number of benzene rings is 9. The quantitative estimate of drug-likeness (QED) is 0.161. The van der Waals surface area contributed by atoms with Gasteiger partial charge < -0.3 is 4.40 Å². The molecule has 0 unspecified atom stereocenters. The summed E-state index contributed by atoms with van der Waals surface area (Å²) in [6.45, 7) is 0. The van der Waals surface area contributed by atoms with Gasteiger partial charge in [-0.25, -0.2) is 9.97 Å². The van der Waals surface area contributed by atoms with Crippen LogP contribution in [0.15, 0.2) is 224 Å². The van der Waals surface area contributed by atoms with Crippen LogP contribution in [0.25, 0.3) is 117 Å². The third-order valence-electron chi connectivity index (χ3n) is 11.8. The molecule has 0 atom stereocenters. The molecule has 12 aromatic rings. The first-order valence-electron chi connectivity index (χ1n) is 22.9. The van der Waals surface area contributed by atoms with E-state index in [9.17, 15) is 0 Å². The average Bonchev–Trinajstić information content (AvgIpc) is 3.90. The van der Waals surface area contributed by atoms with Gasteiger partial charge in [0, 0.05) is 38.2 Å². The van der Waals surface area contributed by atoms with Crippen molar-refractivity contribution in [2.24, 2.45) is 0 Å². The van der Waals surface area contributed by atoms with Crippen molar-refractivity contribution < 1.29 is 6.85 Å². The predicted molar refractivity (Wildman–Crippen MR) is 255 cm³/mol. The molecule has 0 fully saturated rings. The second-order valence-corrected chi connectivity index (χ2v) is 15.4. The molecule has 0 aliphatic carbocycles. The summed E-state index contributed by atoms with van der Waals surface area (Å²) < 4.78 is 44.2. The van der Waals surface area contributed by atoms with Crippen molar-refractivity contribution in [1.29, 1.82) is 0 Å². The van der Waals surface area contributed by atoms with Crippen molar-refractivity contribution in [3.05, 3.63) is 224 Å². The molecule has 12 rings (SSSR count). The zero-order valence-corrected chi connectivity index (χ0v) is 32.8. The first kappa shape index (κ1) is 30.0. The van der Waals surface area contributed by atoms with Gasteiger partial charge in [0.15, 0.2) is 5.82 Å². The lowest BCUT2D eigenvalue weighted by molar-refractivity contribution is 1.18. The minimum absolute atomic E-state index is 0.194. The topological polar surface area (TPSA) is 30.2 Å². The van der Waals surface area contributed by atoms with E-state index in [2.05, 4.69) is 126 Å². The van der Waals surface area contributed by atoms with Crippen molar-refractivity contribution in [1.82, 2.24) is 14.4 Å². The van der Waals surface area contributed by atoms with Crippen molar-refractivity contribution in [2.45, 2.75) is 0 Å². The normalized spacial score (nSPS) is 12.8. The van der Waals surface area contributed by atoms with Crippen LogP contribution in [-0.2, 0) is 0 Å². The Morgan fingerprint density at radius 2 is 0.738 bits per heavy atom. The Kier molecular flexibility index (Phi) is 7.03. The summed E-state index contributed by atoms with van der Waals surface area (Å²) in [4.78, 5) is 10.1. The number of para-hydroxylation sites is 1. The highest BCUT2D eigenvalue weighted by atomic mass is 14.9. The number of rotatable bonds is 7. The maximum atomic E-state index is 8.60. The van der Waals surface area contributed by atoms with Crippen LogP contribution in [-0.4, -0.2) is 14.4 Å². The number of hydrogen-bond donors (Lipinski definition) is 0. The van der Waals surface area contributed by atoms with Crippen LogP contribution in [0.4, 0.5) is 0 Å². The van der Waals surface area contributed by atoms with Crippen LogP contribution < -0.4 is 0 Å². The lowest BCUT2D eigenvalue weighted by Crippen LogP contribution is -1.96. The summed E-state index contributed by atoms with van der Waals surface area (Å²) in [5, 5.41) is 4.69. The molecule has 9 aromatic carbocycles. The van der Waals surface area contributed by atoms with Crippen LogP contribution in [0.2, 0.25) is 0 Å². The van der Waals surface area contributed by atoms with Gasteiger partial charge in [0.2, 0.25) is 0 Å². The number of hydrogen-bond acceptors (Lipinski definition) is 2. The fraction of sp³-hybridized carbons (Fsp3) is 0. The summed E-state index contributed by atoms with van der Waals surface area (Å²) in [6.07, 6.45) is 0. The molecule has 0 spiro atoms. The highest BCUT2D eigenvalue weighted by Gasteiger charge is 2.19. The van der Waals surface area contributed by atoms with Gasteiger partial charge in [0.25, 0.3) is 0 Å². The Morgan fingerprint density at radius 1 is 0.311 bits per heavy atom. The van der Waals surface area contributed by atoms with Crippen molar-refractivity contribution in [2.75, 3.05) is 0 Å². The van der Waals surface area contributed by atoms with Crippen LogP contribution in [0, 0.1) is 0 Å². The van der Waals surface area contributed by atoms with Gasteiger partial charge in [-0.15, -0.1) is 0 Å². The zero-order valence-electron chi connectivity index (χ0n) is 37.8. The molecule has 3 heterocycles. The number of aromatic nitrogens is 3. The Bertz CT molecular complexity index is 3800. The first-order chi connectivity index (χ1) is 32.3. The second-order valence-electron chi connectivity index (χ2n) is 15.4. The van der Waals surface area contributed by atoms with Crippen LogP contribution in [0.1, 0.15) is 6.85 Å². The third kappa shape index (κ3) is 6.06. The van der Waals surface area contributed by atoms with Crippen molar-refractivity contribution in [3.8, 4) is 78.4 Å². The molecule has 0 saturated heterocycles. The SMILES string of the molecule is [2H]c1c([2H])c([2H])c(-c2cccc(-c3ccc4c5cccc6c7ccc(-c8cccc(-c9cccc(-c%10cc(-c%11ccccc%11)nc(-c%11ccccc%11)n%10)c9)c8)cc7n(c4c3)c65)c2)c([2H])c1[2H]. The summed E-state index contributed by atoms with van der Waals surface area (Å²) >= 11 is 0. The molecule has 0 amide bonds. The average molecular weight is 781 g/mol. The minimum Gasteiger partial charge on any atom is -0.308 e. The van der Waals surface area contributed by atoms with E-state index in [0.29, 0.717) is 11.4 Å². The van der Waals surface area contributed by atoms with Crippen LogP contribution in [0.5, 0.6) is 0 Å². The second kappa shape index (κ2) is 14.3.